The summed E-state index contributed by atoms with van der Waals surface area (Å²) in [5, 5.41) is 0. The highest BCUT2D eigenvalue weighted by Gasteiger charge is 2.23. The monoisotopic (exact) mass is 232 g/mol. The van der Waals surface area contributed by atoms with E-state index in [2.05, 4.69) is 19.3 Å². The lowest BCUT2D eigenvalue weighted by molar-refractivity contribution is 0.0427. The molecule has 1 saturated heterocycles. The van der Waals surface area contributed by atoms with Gasteiger partial charge in [-0.1, -0.05) is 13.8 Å². The molecule has 0 aliphatic carbocycles. The maximum atomic E-state index is 5.60. The quantitative estimate of drug-likeness (QED) is 0.540. The van der Waals surface area contributed by atoms with E-state index < -0.39 is 0 Å². The Morgan fingerprint density at radius 2 is 2.27 bits per heavy atom. The lowest BCUT2D eigenvalue weighted by atomic mass is 9.95. The van der Waals surface area contributed by atoms with E-state index in [1.165, 1.54) is 18.6 Å². The molecule has 1 aliphatic heterocycles. The minimum Gasteiger partial charge on any atom is -0.381 e. The molecule has 0 amide bonds. The molecule has 3 nitrogen and oxygen atoms in total. The fourth-order valence-electron chi connectivity index (χ4n) is 1.83. The van der Waals surface area contributed by atoms with Gasteiger partial charge >= 0.3 is 0 Å². The Morgan fingerprint density at radius 1 is 1.47 bits per heavy atom. The van der Waals surface area contributed by atoms with Gasteiger partial charge in [-0.2, -0.15) is 11.8 Å². The third kappa shape index (κ3) is 5.20. The molecule has 2 atom stereocenters. The van der Waals surface area contributed by atoms with Gasteiger partial charge in [0.05, 0.1) is 6.61 Å². The molecule has 2 unspecified atom stereocenters. The fraction of sp³-hybridized carbons (Fsp3) is 1.00. The van der Waals surface area contributed by atoms with Gasteiger partial charge in [-0.05, 0) is 30.4 Å². The Kier molecular flexibility index (Phi) is 6.64. The van der Waals surface area contributed by atoms with Gasteiger partial charge in [0.2, 0.25) is 0 Å². The van der Waals surface area contributed by atoms with E-state index in [9.17, 15) is 0 Å². The molecule has 0 radical (unpaired) electrons. The van der Waals surface area contributed by atoms with Crippen LogP contribution in [0.5, 0.6) is 0 Å². The lowest BCUT2D eigenvalue weighted by Crippen LogP contribution is -2.45. The first-order chi connectivity index (χ1) is 7.24. The highest BCUT2D eigenvalue weighted by molar-refractivity contribution is 7.99. The SMILES string of the molecule is CC(C)CSCC(NN)C1CCCOC1. The zero-order valence-electron chi connectivity index (χ0n) is 9.87. The smallest absolute Gasteiger partial charge is 0.0509 e. The van der Waals surface area contributed by atoms with E-state index in [1.54, 1.807) is 0 Å². The van der Waals surface area contributed by atoms with Crippen LogP contribution < -0.4 is 11.3 Å². The molecule has 0 aromatic carbocycles. The Hall–Kier alpha value is 0.230. The number of ether oxygens (including phenoxy) is 1. The van der Waals surface area contributed by atoms with Crippen LogP contribution in [0.25, 0.3) is 0 Å². The molecule has 90 valence electrons. The van der Waals surface area contributed by atoms with Crippen molar-refractivity contribution in [3.05, 3.63) is 0 Å². The maximum Gasteiger partial charge on any atom is 0.0509 e. The summed E-state index contributed by atoms with van der Waals surface area (Å²) in [4.78, 5) is 0. The number of hydrazine groups is 1. The molecule has 0 spiro atoms. The molecule has 0 aromatic heterocycles. The largest absolute Gasteiger partial charge is 0.381 e. The summed E-state index contributed by atoms with van der Waals surface area (Å²) in [5.74, 6) is 9.28. The van der Waals surface area contributed by atoms with Crippen LogP contribution in [0.4, 0.5) is 0 Å². The van der Waals surface area contributed by atoms with Crippen LogP contribution in [0.1, 0.15) is 26.7 Å². The van der Waals surface area contributed by atoms with Crippen LogP contribution in [0, 0.1) is 11.8 Å². The van der Waals surface area contributed by atoms with Crippen molar-refractivity contribution in [2.45, 2.75) is 32.7 Å². The van der Waals surface area contributed by atoms with Crippen LogP contribution in [-0.2, 0) is 4.74 Å². The average Bonchev–Trinajstić information content (AvgIpc) is 2.25. The number of thioether (sulfide) groups is 1. The van der Waals surface area contributed by atoms with Crippen molar-refractivity contribution in [2.24, 2.45) is 17.7 Å². The Balaban J connectivity index is 2.21. The second kappa shape index (κ2) is 7.49. The molecule has 1 heterocycles. The van der Waals surface area contributed by atoms with Crippen molar-refractivity contribution < 1.29 is 4.74 Å². The molecule has 0 bridgehead atoms. The van der Waals surface area contributed by atoms with Gasteiger partial charge in [-0.3, -0.25) is 11.3 Å². The first-order valence-electron chi connectivity index (χ1n) is 5.85. The van der Waals surface area contributed by atoms with Gasteiger partial charge in [-0.15, -0.1) is 0 Å². The summed E-state index contributed by atoms with van der Waals surface area (Å²) < 4.78 is 5.49. The van der Waals surface area contributed by atoms with E-state index in [0.29, 0.717) is 12.0 Å². The molecular weight excluding hydrogens is 208 g/mol. The third-order valence-corrected chi connectivity index (χ3v) is 4.22. The number of rotatable bonds is 6. The minimum atomic E-state index is 0.411. The third-order valence-electron chi connectivity index (χ3n) is 2.73. The predicted octanol–water partition coefficient (Wildman–Crippen LogP) is 1.63. The molecule has 15 heavy (non-hydrogen) atoms. The highest BCUT2D eigenvalue weighted by Crippen LogP contribution is 2.20. The van der Waals surface area contributed by atoms with Crippen LogP contribution in [0.15, 0.2) is 0 Å². The predicted molar refractivity (Wildman–Crippen MR) is 66.8 cm³/mol. The molecule has 1 fully saturated rings. The van der Waals surface area contributed by atoms with Crippen LogP contribution in [-0.4, -0.2) is 30.8 Å². The van der Waals surface area contributed by atoms with Crippen molar-refractivity contribution in [2.75, 3.05) is 24.7 Å². The van der Waals surface area contributed by atoms with E-state index in [0.717, 1.165) is 24.9 Å². The zero-order valence-corrected chi connectivity index (χ0v) is 10.7. The van der Waals surface area contributed by atoms with Gasteiger partial charge in [0, 0.05) is 18.4 Å². The number of nitrogens with one attached hydrogen (secondary N) is 1. The van der Waals surface area contributed by atoms with Gasteiger partial charge in [-0.25, -0.2) is 0 Å². The van der Waals surface area contributed by atoms with Crippen molar-refractivity contribution in [1.82, 2.24) is 5.43 Å². The van der Waals surface area contributed by atoms with Crippen LogP contribution in [0.3, 0.4) is 0 Å². The normalized spacial score (nSPS) is 24.4. The second-order valence-corrected chi connectivity index (χ2v) is 5.76. The Labute approximate surface area is 97.5 Å². The maximum absolute atomic E-state index is 5.60. The summed E-state index contributed by atoms with van der Waals surface area (Å²) in [6, 6.07) is 0.411. The van der Waals surface area contributed by atoms with Crippen molar-refractivity contribution >= 4 is 11.8 Å². The molecule has 1 aliphatic rings. The lowest BCUT2D eigenvalue weighted by Gasteiger charge is -2.29. The van der Waals surface area contributed by atoms with E-state index in [-0.39, 0.29) is 0 Å². The summed E-state index contributed by atoms with van der Waals surface area (Å²) in [7, 11) is 0. The fourth-order valence-corrected chi connectivity index (χ4v) is 3.06. The van der Waals surface area contributed by atoms with Crippen molar-refractivity contribution in [1.29, 1.82) is 0 Å². The number of nitrogens with two attached hydrogens (primary N) is 1. The first-order valence-corrected chi connectivity index (χ1v) is 7.01. The molecular formula is C11H24N2OS. The van der Waals surface area contributed by atoms with E-state index in [1.807, 2.05) is 11.8 Å². The minimum absolute atomic E-state index is 0.411. The van der Waals surface area contributed by atoms with E-state index >= 15 is 0 Å². The molecule has 4 heteroatoms. The summed E-state index contributed by atoms with van der Waals surface area (Å²) in [6.45, 7) is 6.30. The summed E-state index contributed by atoms with van der Waals surface area (Å²) in [6.07, 6.45) is 2.43. The number of hydrogen-bond acceptors (Lipinski definition) is 4. The van der Waals surface area contributed by atoms with E-state index in [4.69, 9.17) is 10.6 Å². The molecule has 0 saturated carbocycles. The Bertz CT molecular complexity index is 161. The topological polar surface area (TPSA) is 47.3 Å². The summed E-state index contributed by atoms with van der Waals surface area (Å²) in [5.41, 5.74) is 2.94. The highest BCUT2D eigenvalue weighted by atomic mass is 32.2. The summed E-state index contributed by atoms with van der Waals surface area (Å²) >= 11 is 1.99. The van der Waals surface area contributed by atoms with Gasteiger partial charge in [0.1, 0.15) is 0 Å². The van der Waals surface area contributed by atoms with Gasteiger partial charge < -0.3 is 4.74 Å². The van der Waals surface area contributed by atoms with Gasteiger partial charge in [0.15, 0.2) is 0 Å². The molecule has 0 aromatic rings. The second-order valence-electron chi connectivity index (χ2n) is 4.68. The van der Waals surface area contributed by atoms with Crippen molar-refractivity contribution in [3.8, 4) is 0 Å². The number of hydrogen-bond donors (Lipinski definition) is 2. The van der Waals surface area contributed by atoms with Crippen LogP contribution >= 0.6 is 11.8 Å². The molecule has 3 N–H and O–H groups in total. The molecule has 1 rings (SSSR count). The Morgan fingerprint density at radius 3 is 2.80 bits per heavy atom. The first kappa shape index (κ1) is 13.3. The van der Waals surface area contributed by atoms with Crippen molar-refractivity contribution in [3.63, 3.8) is 0 Å². The average molecular weight is 232 g/mol. The standard InChI is InChI=1S/C11H24N2OS/c1-9(2)7-15-8-11(13-12)10-4-3-5-14-6-10/h9-11,13H,3-8,12H2,1-2H3. The zero-order chi connectivity index (χ0) is 11.1. The van der Waals surface area contributed by atoms with Gasteiger partial charge in [0.25, 0.3) is 0 Å². The van der Waals surface area contributed by atoms with Crippen LogP contribution in [0.2, 0.25) is 0 Å².